The highest BCUT2D eigenvalue weighted by Crippen LogP contribution is 2.41. The molecule has 5 aromatic carbocycles. The van der Waals surface area contributed by atoms with Crippen LogP contribution in [0.15, 0.2) is 133 Å². The third-order valence-electron chi connectivity index (χ3n) is 8.49. The van der Waals surface area contributed by atoms with Crippen molar-refractivity contribution in [1.29, 1.82) is 0 Å². The minimum atomic E-state index is -4.84. The van der Waals surface area contributed by atoms with Crippen LogP contribution in [0.4, 0.5) is 13.2 Å². The molecule has 7 nitrogen and oxygen atoms in total. The number of alkyl halides is 3. The number of benzene rings is 5. The van der Waals surface area contributed by atoms with Gasteiger partial charge in [-0.25, -0.2) is 9.97 Å². The van der Waals surface area contributed by atoms with Crippen molar-refractivity contribution in [1.82, 2.24) is 9.97 Å². The molecule has 1 N–H and O–H groups in total. The van der Waals surface area contributed by atoms with Crippen LogP contribution in [0.1, 0.15) is 50.1 Å². The molecule has 0 saturated carbocycles. The fourth-order valence-electron chi connectivity index (χ4n) is 5.88. The summed E-state index contributed by atoms with van der Waals surface area (Å²) in [7, 11) is 0. The average Bonchev–Trinajstić information content (AvgIpc) is 3.17. The van der Waals surface area contributed by atoms with E-state index in [-0.39, 0.29) is 37.4 Å². The van der Waals surface area contributed by atoms with Gasteiger partial charge in [-0.15, -0.1) is 0 Å². The highest BCUT2D eigenvalue weighted by Gasteiger charge is 2.36. The number of carbonyl (C=O) groups excluding carboxylic acids is 1. The van der Waals surface area contributed by atoms with E-state index in [1.165, 1.54) is 0 Å². The molecule has 0 bridgehead atoms. The lowest BCUT2D eigenvalue weighted by molar-refractivity contribution is -0.138. The van der Waals surface area contributed by atoms with Gasteiger partial charge in [-0.05, 0) is 65.7 Å². The van der Waals surface area contributed by atoms with Crippen molar-refractivity contribution in [3.8, 4) is 17.2 Å². The maximum atomic E-state index is 14.0. The van der Waals surface area contributed by atoms with Gasteiger partial charge in [0.05, 0.1) is 33.5 Å². The molecule has 0 fully saturated rings. The summed E-state index contributed by atoms with van der Waals surface area (Å²) in [5.41, 5.74) is 2.07. The summed E-state index contributed by atoms with van der Waals surface area (Å²) in [6.45, 7) is 0.126. The summed E-state index contributed by atoms with van der Waals surface area (Å²) in [4.78, 5) is 21.4. The van der Waals surface area contributed by atoms with Crippen LogP contribution in [-0.4, -0.2) is 21.4 Å². The fraction of sp³-hybridized carbons (Fsp3) is 0.119. The molecular weight excluding hydrogens is 669 g/mol. The van der Waals surface area contributed by atoms with Crippen molar-refractivity contribution in [3.05, 3.63) is 173 Å². The Bertz CT molecular complexity index is 2380. The molecule has 2 aromatic heterocycles. The van der Waals surface area contributed by atoms with Gasteiger partial charge in [0.2, 0.25) is 0 Å². The van der Waals surface area contributed by atoms with Crippen molar-refractivity contribution in [3.63, 3.8) is 0 Å². The van der Waals surface area contributed by atoms with Crippen LogP contribution >= 0.6 is 0 Å². The first-order valence-corrected chi connectivity index (χ1v) is 16.4. The van der Waals surface area contributed by atoms with Crippen LogP contribution in [0.3, 0.4) is 0 Å². The first-order valence-electron chi connectivity index (χ1n) is 16.4. The molecule has 2 heterocycles. The van der Waals surface area contributed by atoms with E-state index in [0.29, 0.717) is 28.3 Å². The van der Waals surface area contributed by atoms with Crippen molar-refractivity contribution >= 4 is 28.1 Å². The lowest BCUT2D eigenvalue weighted by atomic mass is 9.95. The number of para-hydroxylation sites is 2. The summed E-state index contributed by atoms with van der Waals surface area (Å²) < 4.78 is 60.0. The van der Waals surface area contributed by atoms with Crippen LogP contribution in [0.5, 0.6) is 17.2 Å². The minimum Gasteiger partial charge on any atom is -0.488 e. The molecule has 10 heteroatoms. The van der Waals surface area contributed by atoms with Crippen LogP contribution < -0.4 is 14.2 Å². The standard InChI is InChI=1S/C42H31F3N2O5/c43-42(44,45)37-20-19-35(40(49)30-10-6-12-34(22-30)51-26-32-18-16-29-9-2-4-14-39(29)47-32)41(36(37)23-48)52-24-27-7-5-11-33(21-27)50-25-31-17-15-28-8-1-3-13-38(28)46-31/h1-23,40,49H,24-26H2. The minimum absolute atomic E-state index is 0.0155. The lowest BCUT2D eigenvalue weighted by Gasteiger charge is -2.21. The Morgan fingerprint density at radius 1 is 0.635 bits per heavy atom. The number of halogens is 3. The van der Waals surface area contributed by atoms with Crippen molar-refractivity contribution in [2.75, 3.05) is 0 Å². The first-order chi connectivity index (χ1) is 25.2. The maximum Gasteiger partial charge on any atom is 0.417 e. The second-order valence-electron chi connectivity index (χ2n) is 12.0. The number of aliphatic hydroxyl groups is 1. The molecule has 1 atom stereocenters. The number of pyridine rings is 2. The van der Waals surface area contributed by atoms with Gasteiger partial charge in [-0.2, -0.15) is 13.2 Å². The Balaban J connectivity index is 1.10. The van der Waals surface area contributed by atoms with E-state index in [1.807, 2.05) is 72.8 Å². The topological polar surface area (TPSA) is 90.8 Å². The summed E-state index contributed by atoms with van der Waals surface area (Å²) in [5, 5.41) is 13.5. The molecule has 7 rings (SSSR count). The van der Waals surface area contributed by atoms with Crippen molar-refractivity contribution in [2.45, 2.75) is 32.1 Å². The van der Waals surface area contributed by atoms with Gasteiger partial charge in [0.1, 0.15) is 43.2 Å². The Labute approximate surface area is 296 Å². The zero-order valence-electron chi connectivity index (χ0n) is 27.6. The fourth-order valence-corrected chi connectivity index (χ4v) is 5.88. The highest BCUT2D eigenvalue weighted by atomic mass is 19.4. The zero-order chi connectivity index (χ0) is 36.1. The van der Waals surface area contributed by atoms with Crippen LogP contribution in [-0.2, 0) is 26.0 Å². The number of carbonyl (C=O) groups is 1. The molecule has 1 unspecified atom stereocenters. The molecule has 0 aliphatic rings. The number of nitrogens with zero attached hydrogens (tertiary/aromatic N) is 2. The zero-order valence-corrected chi connectivity index (χ0v) is 27.6. The van der Waals surface area contributed by atoms with Gasteiger partial charge in [-0.1, -0.05) is 78.9 Å². The molecule has 52 heavy (non-hydrogen) atoms. The normalized spacial score (nSPS) is 12.1. The van der Waals surface area contributed by atoms with E-state index in [0.717, 1.165) is 39.6 Å². The monoisotopic (exact) mass is 700 g/mol. The Morgan fingerprint density at radius 3 is 1.85 bits per heavy atom. The number of hydrogen-bond donors (Lipinski definition) is 1. The van der Waals surface area contributed by atoms with Crippen molar-refractivity contribution in [2.24, 2.45) is 0 Å². The third kappa shape index (κ3) is 7.72. The van der Waals surface area contributed by atoms with Gasteiger partial charge in [0.25, 0.3) is 0 Å². The number of aromatic nitrogens is 2. The van der Waals surface area contributed by atoms with Gasteiger partial charge in [0.15, 0.2) is 6.29 Å². The lowest BCUT2D eigenvalue weighted by Crippen LogP contribution is -2.14. The van der Waals surface area contributed by atoms with E-state index in [1.54, 1.807) is 48.5 Å². The number of fused-ring (bicyclic) bond motifs is 2. The number of hydrogen-bond acceptors (Lipinski definition) is 7. The second-order valence-corrected chi connectivity index (χ2v) is 12.0. The molecular formula is C42H31F3N2O5. The van der Waals surface area contributed by atoms with Gasteiger partial charge in [-0.3, -0.25) is 4.79 Å². The molecule has 260 valence electrons. The predicted molar refractivity (Wildman–Crippen MR) is 190 cm³/mol. The average molecular weight is 701 g/mol. The molecule has 0 spiro atoms. The largest absolute Gasteiger partial charge is 0.488 e. The smallest absolute Gasteiger partial charge is 0.417 e. The van der Waals surface area contributed by atoms with E-state index in [9.17, 15) is 23.1 Å². The number of ether oxygens (including phenoxy) is 3. The molecule has 0 saturated heterocycles. The molecule has 0 aliphatic heterocycles. The second kappa shape index (κ2) is 14.9. The van der Waals surface area contributed by atoms with E-state index < -0.39 is 23.4 Å². The summed E-state index contributed by atoms with van der Waals surface area (Å²) in [6.07, 6.45) is -6.20. The van der Waals surface area contributed by atoms with Crippen LogP contribution in [0, 0.1) is 0 Å². The predicted octanol–water partition coefficient (Wildman–Crippen LogP) is 9.43. The maximum absolute atomic E-state index is 14.0. The molecule has 0 radical (unpaired) electrons. The molecule has 0 amide bonds. The Kier molecular flexibility index (Phi) is 9.81. The Hall–Kier alpha value is -6.26. The molecule has 0 aliphatic carbocycles. The van der Waals surface area contributed by atoms with Crippen LogP contribution in [0.25, 0.3) is 21.8 Å². The van der Waals surface area contributed by atoms with Crippen molar-refractivity contribution < 1.29 is 37.3 Å². The first kappa shape index (κ1) is 34.2. The SMILES string of the molecule is O=Cc1c(C(F)(F)F)ccc(C(O)c2cccc(OCc3ccc4ccccc4n3)c2)c1OCc1cccc(OCc2ccc3ccccc3n2)c1. The molecule has 7 aromatic rings. The quantitative estimate of drug-likeness (QED) is 0.127. The summed E-state index contributed by atoms with van der Waals surface area (Å²) in [5.74, 6) is 0.523. The van der Waals surface area contributed by atoms with E-state index >= 15 is 0 Å². The van der Waals surface area contributed by atoms with Gasteiger partial charge < -0.3 is 19.3 Å². The number of rotatable bonds is 12. The highest BCUT2D eigenvalue weighted by molar-refractivity contribution is 5.83. The van der Waals surface area contributed by atoms with Gasteiger partial charge >= 0.3 is 6.18 Å². The third-order valence-corrected chi connectivity index (χ3v) is 8.49. The summed E-state index contributed by atoms with van der Waals surface area (Å²) in [6, 6.07) is 38.4. The van der Waals surface area contributed by atoms with Crippen LogP contribution in [0.2, 0.25) is 0 Å². The summed E-state index contributed by atoms with van der Waals surface area (Å²) >= 11 is 0. The number of aldehydes is 1. The van der Waals surface area contributed by atoms with E-state index in [2.05, 4.69) is 9.97 Å². The Morgan fingerprint density at radius 2 is 1.23 bits per heavy atom. The number of aliphatic hydroxyl groups excluding tert-OH is 1. The van der Waals surface area contributed by atoms with Gasteiger partial charge in [0, 0.05) is 16.3 Å². The van der Waals surface area contributed by atoms with E-state index in [4.69, 9.17) is 14.2 Å².